The summed E-state index contributed by atoms with van der Waals surface area (Å²) < 4.78 is 5.45. The molecule has 3 rings (SSSR count). The molecule has 3 amide bonds. The van der Waals surface area contributed by atoms with E-state index in [1.54, 1.807) is 29.2 Å². The first-order valence-corrected chi connectivity index (χ1v) is 8.01. The number of hydrogen-bond acceptors (Lipinski definition) is 5. The number of fused-ring (bicyclic) bond motifs is 1. The Morgan fingerprint density at radius 1 is 1.33 bits per heavy atom. The number of aliphatic hydroxyl groups excluding tert-OH is 1. The molecule has 2 unspecified atom stereocenters. The first kappa shape index (κ1) is 16.4. The molecule has 2 fully saturated rings. The van der Waals surface area contributed by atoms with Gasteiger partial charge in [-0.2, -0.15) is 0 Å². The Bertz CT molecular complexity index is 635. The minimum absolute atomic E-state index is 0.0341. The maximum absolute atomic E-state index is 12.2. The van der Waals surface area contributed by atoms with E-state index in [-0.39, 0.29) is 36.9 Å². The fourth-order valence-corrected chi connectivity index (χ4v) is 3.09. The molecule has 7 heteroatoms. The highest BCUT2D eigenvalue weighted by Crippen LogP contribution is 2.27. The second-order valence-electron chi connectivity index (χ2n) is 6.13. The van der Waals surface area contributed by atoms with E-state index in [0.717, 1.165) is 11.3 Å². The van der Waals surface area contributed by atoms with Gasteiger partial charge in [-0.1, -0.05) is 0 Å². The van der Waals surface area contributed by atoms with Crippen molar-refractivity contribution in [3.05, 3.63) is 29.8 Å². The highest BCUT2D eigenvalue weighted by atomic mass is 16.5. The van der Waals surface area contributed by atoms with Crippen LogP contribution >= 0.6 is 0 Å². The molecule has 0 saturated carbocycles. The lowest BCUT2D eigenvalue weighted by Gasteiger charge is -2.19. The number of hydrogen-bond donors (Lipinski definition) is 1. The molecule has 1 aromatic carbocycles. The summed E-state index contributed by atoms with van der Waals surface area (Å²) in [6.45, 7) is 1.97. The van der Waals surface area contributed by atoms with Crippen molar-refractivity contribution in [2.24, 2.45) is 0 Å². The van der Waals surface area contributed by atoms with Gasteiger partial charge < -0.3 is 14.7 Å². The summed E-state index contributed by atoms with van der Waals surface area (Å²) >= 11 is 0. The van der Waals surface area contributed by atoms with Crippen molar-refractivity contribution in [2.45, 2.75) is 31.9 Å². The number of ketones is 1. The smallest absolute Gasteiger partial charge is 0.327 e. The molecule has 0 aromatic heterocycles. The van der Waals surface area contributed by atoms with E-state index in [1.165, 1.54) is 6.92 Å². The maximum Gasteiger partial charge on any atom is 0.327 e. The quantitative estimate of drug-likeness (QED) is 0.622. The van der Waals surface area contributed by atoms with Crippen molar-refractivity contribution < 1.29 is 24.2 Å². The van der Waals surface area contributed by atoms with Gasteiger partial charge in [0.25, 0.3) is 5.91 Å². The zero-order valence-corrected chi connectivity index (χ0v) is 13.5. The van der Waals surface area contributed by atoms with Gasteiger partial charge in [0.05, 0.1) is 6.54 Å². The fourth-order valence-electron chi connectivity index (χ4n) is 3.09. The summed E-state index contributed by atoms with van der Waals surface area (Å²) in [6, 6.07) is 5.90. The van der Waals surface area contributed by atoms with Crippen molar-refractivity contribution in [2.75, 3.05) is 19.7 Å². The molecule has 0 aliphatic carbocycles. The van der Waals surface area contributed by atoms with E-state index in [1.807, 2.05) is 0 Å². The summed E-state index contributed by atoms with van der Waals surface area (Å²) in [7, 11) is 0. The normalized spacial score (nSPS) is 21.2. The van der Waals surface area contributed by atoms with Crippen molar-refractivity contribution in [1.29, 1.82) is 0 Å². The number of nitrogens with zero attached hydrogens (tertiary/aromatic N) is 2. The van der Waals surface area contributed by atoms with Crippen molar-refractivity contribution in [1.82, 2.24) is 9.80 Å². The number of rotatable bonds is 6. The Hall–Kier alpha value is -2.41. The number of imide groups is 1. The maximum atomic E-state index is 12.2. The van der Waals surface area contributed by atoms with E-state index < -0.39 is 6.10 Å². The third kappa shape index (κ3) is 3.12. The molecule has 7 nitrogen and oxygen atoms in total. The predicted octanol–water partition coefficient (Wildman–Crippen LogP) is 1.06. The Balaban J connectivity index is 1.52. The van der Waals surface area contributed by atoms with E-state index in [0.29, 0.717) is 24.3 Å². The number of Topliss-reactive ketones (excluding diaryl/α,β-unsaturated/α-hetero) is 1. The number of carbonyl (C=O) groups excluding carboxylic acids is 3. The Morgan fingerprint density at radius 3 is 2.67 bits per heavy atom. The average Bonchev–Trinajstić information content (AvgIpc) is 3.13. The van der Waals surface area contributed by atoms with Crippen LogP contribution in [-0.2, 0) is 4.79 Å². The molecule has 2 aliphatic rings. The van der Waals surface area contributed by atoms with Crippen LogP contribution < -0.4 is 4.74 Å². The monoisotopic (exact) mass is 332 g/mol. The third-order valence-corrected chi connectivity index (χ3v) is 4.38. The first-order chi connectivity index (χ1) is 11.5. The van der Waals surface area contributed by atoms with Crippen molar-refractivity contribution in [3.8, 4) is 5.75 Å². The van der Waals surface area contributed by atoms with Crippen LogP contribution in [0.2, 0.25) is 0 Å². The number of amides is 3. The third-order valence-electron chi connectivity index (χ3n) is 4.38. The minimum Gasteiger partial charge on any atom is -0.491 e. The van der Waals surface area contributed by atoms with Crippen LogP contribution in [0.25, 0.3) is 0 Å². The van der Waals surface area contributed by atoms with E-state index in [2.05, 4.69) is 0 Å². The molecule has 2 aliphatic heterocycles. The van der Waals surface area contributed by atoms with Gasteiger partial charge in [-0.3, -0.25) is 14.5 Å². The van der Waals surface area contributed by atoms with Crippen LogP contribution in [0, 0.1) is 0 Å². The zero-order valence-electron chi connectivity index (χ0n) is 13.5. The number of carbonyl (C=O) groups is 3. The van der Waals surface area contributed by atoms with Crippen molar-refractivity contribution in [3.63, 3.8) is 0 Å². The Labute approximate surface area is 139 Å². The van der Waals surface area contributed by atoms with Crippen LogP contribution in [0.1, 0.15) is 30.1 Å². The summed E-state index contributed by atoms with van der Waals surface area (Å²) in [5.74, 6) is 0.245. The van der Waals surface area contributed by atoms with Gasteiger partial charge in [-0.05, 0) is 44.0 Å². The van der Waals surface area contributed by atoms with Crippen LogP contribution in [0.5, 0.6) is 5.75 Å². The number of ether oxygens (including phenoxy) is 1. The molecule has 0 spiro atoms. The fraction of sp³-hybridized carbons (Fsp3) is 0.471. The Morgan fingerprint density at radius 2 is 2.04 bits per heavy atom. The summed E-state index contributed by atoms with van der Waals surface area (Å²) in [5, 5.41) is 10.1. The molecular weight excluding hydrogens is 312 g/mol. The number of β-amino-alcohol motifs (C(OH)–C–C–N with tert-alkyl or cyclic N) is 1. The molecule has 128 valence electrons. The van der Waals surface area contributed by atoms with Gasteiger partial charge >= 0.3 is 6.03 Å². The van der Waals surface area contributed by atoms with Crippen LogP contribution in [0.4, 0.5) is 4.79 Å². The van der Waals surface area contributed by atoms with E-state index in [4.69, 9.17) is 4.74 Å². The number of urea groups is 1. The lowest BCUT2D eigenvalue weighted by Crippen LogP contribution is -2.41. The molecule has 2 atom stereocenters. The van der Waals surface area contributed by atoms with Crippen LogP contribution in [0.3, 0.4) is 0 Å². The second-order valence-corrected chi connectivity index (χ2v) is 6.13. The minimum atomic E-state index is -0.967. The van der Waals surface area contributed by atoms with Gasteiger partial charge in [0, 0.05) is 12.1 Å². The lowest BCUT2D eigenvalue weighted by atomic mass is 10.1. The highest BCUT2D eigenvalue weighted by Gasteiger charge is 2.47. The van der Waals surface area contributed by atoms with Gasteiger partial charge in [0.15, 0.2) is 5.78 Å². The SMILES string of the molecule is CC(=O)c1ccc(OCC(O)CN2C(=O)C3CCCN3C2=O)cc1. The topological polar surface area (TPSA) is 87.2 Å². The van der Waals surface area contributed by atoms with Crippen molar-refractivity contribution >= 4 is 17.7 Å². The molecule has 0 radical (unpaired) electrons. The predicted molar refractivity (Wildman–Crippen MR) is 84.8 cm³/mol. The Kier molecular flexibility index (Phi) is 4.53. The van der Waals surface area contributed by atoms with E-state index >= 15 is 0 Å². The number of aliphatic hydroxyl groups is 1. The van der Waals surface area contributed by atoms with Gasteiger partial charge in [0.1, 0.15) is 24.5 Å². The molecule has 0 bridgehead atoms. The van der Waals surface area contributed by atoms with Crippen LogP contribution in [-0.4, -0.2) is 64.5 Å². The summed E-state index contributed by atoms with van der Waals surface area (Å²) in [4.78, 5) is 38.2. The summed E-state index contributed by atoms with van der Waals surface area (Å²) in [5.41, 5.74) is 0.580. The second kappa shape index (κ2) is 6.60. The van der Waals surface area contributed by atoms with Gasteiger partial charge in [-0.15, -0.1) is 0 Å². The molecule has 2 saturated heterocycles. The van der Waals surface area contributed by atoms with E-state index in [9.17, 15) is 19.5 Å². The first-order valence-electron chi connectivity index (χ1n) is 8.01. The largest absolute Gasteiger partial charge is 0.491 e. The standard InChI is InChI=1S/C17H20N2O5/c1-11(20)12-4-6-14(7-5-12)24-10-13(21)9-19-16(22)15-3-2-8-18(15)17(19)23/h4-7,13,15,21H,2-3,8-10H2,1H3. The summed E-state index contributed by atoms with van der Waals surface area (Å²) in [6.07, 6.45) is 0.569. The number of benzene rings is 1. The molecule has 24 heavy (non-hydrogen) atoms. The zero-order chi connectivity index (χ0) is 17.3. The van der Waals surface area contributed by atoms with Crippen LogP contribution in [0.15, 0.2) is 24.3 Å². The highest BCUT2D eigenvalue weighted by molar-refractivity contribution is 6.04. The molecular formula is C17H20N2O5. The lowest BCUT2D eigenvalue weighted by molar-refractivity contribution is -0.129. The molecule has 1 N–H and O–H groups in total. The average molecular weight is 332 g/mol. The van der Waals surface area contributed by atoms with Gasteiger partial charge in [0.2, 0.25) is 0 Å². The molecule has 1 aromatic rings. The van der Waals surface area contributed by atoms with Gasteiger partial charge in [-0.25, -0.2) is 4.79 Å². The molecule has 2 heterocycles.